The first-order valence-corrected chi connectivity index (χ1v) is 6.24. The maximum absolute atomic E-state index is 13.3. The average molecular weight is 330 g/mol. The van der Waals surface area contributed by atoms with Crippen molar-refractivity contribution >= 4 is 0 Å². The van der Waals surface area contributed by atoms with E-state index in [0.29, 0.717) is 6.07 Å². The van der Waals surface area contributed by atoms with Gasteiger partial charge >= 0.3 is 12.4 Å². The molecule has 120 valence electrons. The molecule has 2 rings (SSSR count). The molecule has 1 aromatic carbocycles. The summed E-state index contributed by atoms with van der Waals surface area (Å²) in [5, 5.41) is 8.64. The zero-order chi connectivity index (χ0) is 17.3. The molecular weight excluding hydrogens is 322 g/mol. The second-order valence-electron chi connectivity index (χ2n) is 4.60. The van der Waals surface area contributed by atoms with Crippen molar-refractivity contribution in [2.45, 2.75) is 18.8 Å². The van der Waals surface area contributed by atoms with Gasteiger partial charge in [-0.25, -0.2) is 0 Å². The van der Waals surface area contributed by atoms with Crippen LogP contribution in [-0.4, -0.2) is 4.98 Å². The molecule has 0 fully saturated rings. The van der Waals surface area contributed by atoms with E-state index in [0.717, 1.165) is 30.5 Å². The van der Waals surface area contributed by atoms with Crippen molar-refractivity contribution in [1.29, 1.82) is 5.26 Å². The van der Waals surface area contributed by atoms with Crippen LogP contribution in [-0.2, 0) is 18.8 Å². The number of benzene rings is 1. The van der Waals surface area contributed by atoms with E-state index in [1.807, 2.05) is 0 Å². The van der Waals surface area contributed by atoms with Crippen LogP contribution in [0.1, 0.15) is 16.7 Å². The molecular formula is C15H8F6N2. The summed E-state index contributed by atoms with van der Waals surface area (Å²) in [6, 6.07) is 6.12. The lowest BCUT2D eigenvalue weighted by Crippen LogP contribution is -2.13. The summed E-state index contributed by atoms with van der Waals surface area (Å²) in [5.41, 5.74) is -3.54. The Morgan fingerprint density at radius 2 is 1.70 bits per heavy atom. The average Bonchev–Trinajstić information content (AvgIpc) is 2.45. The summed E-state index contributed by atoms with van der Waals surface area (Å²) in [5.74, 6) is 0. The molecule has 0 atom stereocenters. The molecule has 23 heavy (non-hydrogen) atoms. The zero-order valence-corrected chi connectivity index (χ0v) is 11.3. The molecule has 0 spiro atoms. The Morgan fingerprint density at radius 1 is 1.00 bits per heavy atom. The largest absolute Gasteiger partial charge is 0.418 e. The summed E-state index contributed by atoms with van der Waals surface area (Å²) < 4.78 is 78.0. The van der Waals surface area contributed by atoms with Gasteiger partial charge in [-0.2, -0.15) is 31.6 Å². The van der Waals surface area contributed by atoms with Crippen LogP contribution in [0.15, 0.2) is 36.5 Å². The van der Waals surface area contributed by atoms with Gasteiger partial charge in [-0.3, -0.25) is 4.98 Å². The van der Waals surface area contributed by atoms with Gasteiger partial charge in [0.15, 0.2) is 0 Å². The van der Waals surface area contributed by atoms with Crippen LogP contribution in [0.5, 0.6) is 0 Å². The van der Waals surface area contributed by atoms with Gasteiger partial charge in [0.25, 0.3) is 0 Å². The summed E-state index contributed by atoms with van der Waals surface area (Å²) in [6.45, 7) is 0. The summed E-state index contributed by atoms with van der Waals surface area (Å²) >= 11 is 0. The van der Waals surface area contributed by atoms with Gasteiger partial charge in [-0.1, -0.05) is 12.1 Å². The van der Waals surface area contributed by atoms with Crippen LogP contribution < -0.4 is 0 Å². The fourth-order valence-corrected chi connectivity index (χ4v) is 2.11. The minimum Gasteiger partial charge on any atom is -0.256 e. The number of nitrogens with zero attached hydrogens (tertiary/aromatic N) is 2. The van der Waals surface area contributed by atoms with E-state index >= 15 is 0 Å². The first-order chi connectivity index (χ1) is 10.6. The SMILES string of the molecule is N#CCc1ccnc(-c2cccc(C(F)(F)F)c2)c1C(F)(F)F. The lowest BCUT2D eigenvalue weighted by atomic mass is 9.98. The van der Waals surface area contributed by atoms with Crippen LogP contribution >= 0.6 is 0 Å². The molecule has 0 amide bonds. The van der Waals surface area contributed by atoms with E-state index in [2.05, 4.69) is 4.98 Å². The molecule has 0 aliphatic carbocycles. The van der Waals surface area contributed by atoms with E-state index in [1.165, 1.54) is 0 Å². The number of hydrogen-bond donors (Lipinski definition) is 0. The predicted octanol–water partition coefficient (Wildman–Crippen LogP) is 4.85. The second-order valence-corrected chi connectivity index (χ2v) is 4.60. The van der Waals surface area contributed by atoms with Crippen LogP contribution in [0.2, 0.25) is 0 Å². The van der Waals surface area contributed by atoms with Gasteiger partial charge < -0.3 is 0 Å². The van der Waals surface area contributed by atoms with Crippen molar-refractivity contribution in [2.75, 3.05) is 0 Å². The van der Waals surface area contributed by atoms with Crippen molar-refractivity contribution in [1.82, 2.24) is 4.98 Å². The molecule has 1 aromatic heterocycles. The monoisotopic (exact) mass is 330 g/mol. The molecule has 0 unspecified atom stereocenters. The second kappa shape index (κ2) is 5.91. The molecule has 0 saturated carbocycles. The highest BCUT2D eigenvalue weighted by Gasteiger charge is 2.38. The maximum atomic E-state index is 13.3. The van der Waals surface area contributed by atoms with Crippen molar-refractivity contribution < 1.29 is 26.3 Å². The third-order valence-electron chi connectivity index (χ3n) is 3.05. The first kappa shape index (κ1) is 16.8. The Balaban J connectivity index is 2.70. The number of hydrogen-bond acceptors (Lipinski definition) is 2. The van der Waals surface area contributed by atoms with E-state index in [9.17, 15) is 26.3 Å². The van der Waals surface area contributed by atoms with Crippen LogP contribution in [0.3, 0.4) is 0 Å². The van der Waals surface area contributed by atoms with Gasteiger partial charge in [-0.15, -0.1) is 0 Å². The quantitative estimate of drug-likeness (QED) is 0.738. The van der Waals surface area contributed by atoms with Crippen molar-refractivity contribution in [2.24, 2.45) is 0 Å². The Morgan fingerprint density at radius 3 is 2.26 bits per heavy atom. The summed E-state index contributed by atoms with van der Waals surface area (Å²) in [7, 11) is 0. The summed E-state index contributed by atoms with van der Waals surface area (Å²) in [6.07, 6.45) is -9.01. The third kappa shape index (κ3) is 3.62. The first-order valence-electron chi connectivity index (χ1n) is 6.24. The molecule has 0 aliphatic rings. The Bertz CT molecular complexity index is 756. The highest BCUT2D eigenvalue weighted by molar-refractivity contribution is 5.66. The highest BCUT2D eigenvalue weighted by Crippen LogP contribution is 2.39. The highest BCUT2D eigenvalue weighted by atomic mass is 19.4. The smallest absolute Gasteiger partial charge is 0.256 e. The van der Waals surface area contributed by atoms with E-state index < -0.39 is 35.6 Å². The topological polar surface area (TPSA) is 36.7 Å². The number of pyridine rings is 1. The Kier molecular flexibility index (Phi) is 4.32. The van der Waals surface area contributed by atoms with Crippen LogP contribution in [0.25, 0.3) is 11.3 Å². The fraction of sp³-hybridized carbons (Fsp3) is 0.200. The molecule has 0 saturated heterocycles. The van der Waals surface area contributed by atoms with E-state index in [-0.39, 0.29) is 11.1 Å². The predicted molar refractivity (Wildman–Crippen MR) is 69.0 cm³/mol. The van der Waals surface area contributed by atoms with Gasteiger partial charge in [0.1, 0.15) is 0 Å². The number of rotatable bonds is 2. The number of halogens is 6. The fourth-order valence-electron chi connectivity index (χ4n) is 2.11. The minimum absolute atomic E-state index is 0.313. The van der Waals surface area contributed by atoms with Gasteiger partial charge in [0, 0.05) is 11.8 Å². The minimum atomic E-state index is -4.84. The van der Waals surface area contributed by atoms with Crippen molar-refractivity contribution in [3.8, 4) is 17.3 Å². The Labute approximate surface area is 127 Å². The standard InChI is InChI=1S/C15H8F6N2/c16-14(17,18)11-3-1-2-10(8-11)13-12(15(19,20)21)9(4-6-22)5-7-23-13/h1-3,5,7-8H,4H2. The molecule has 8 heteroatoms. The number of alkyl halides is 6. The van der Waals surface area contributed by atoms with E-state index in [4.69, 9.17) is 5.26 Å². The number of aromatic nitrogens is 1. The van der Waals surface area contributed by atoms with Gasteiger partial charge in [-0.05, 0) is 23.8 Å². The van der Waals surface area contributed by atoms with Gasteiger partial charge in [0.2, 0.25) is 0 Å². The molecule has 1 heterocycles. The lowest BCUT2D eigenvalue weighted by Gasteiger charge is -2.16. The third-order valence-corrected chi connectivity index (χ3v) is 3.05. The van der Waals surface area contributed by atoms with E-state index in [1.54, 1.807) is 6.07 Å². The molecule has 2 aromatic rings. The summed E-state index contributed by atoms with van der Waals surface area (Å²) in [4.78, 5) is 3.58. The van der Waals surface area contributed by atoms with Crippen LogP contribution in [0.4, 0.5) is 26.3 Å². The lowest BCUT2D eigenvalue weighted by molar-refractivity contribution is -0.138. The zero-order valence-electron chi connectivity index (χ0n) is 11.3. The molecule has 0 bridgehead atoms. The molecule has 0 radical (unpaired) electrons. The number of nitriles is 1. The normalized spacial score (nSPS) is 12.0. The van der Waals surface area contributed by atoms with Crippen molar-refractivity contribution in [3.63, 3.8) is 0 Å². The molecule has 0 N–H and O–H groups in total. The van der Waals surface area contributed by atoms with Crippen molar-refractivity contribution in [3.05, 3.63) is 53.2 Å². The molecule has 2 nitrogen and oxygen atoms in total. The maximum Gasteiger partial charge on any atom is 0.418 e. The Hall–Kier alpha value is -2.56. The van der Waals surface area contributed by atoms with Crippen LogP contribution in [0, 0.1) is 11.3 Å². The van der Waals surface area contributed by atoms with Gasteiger partial charge in [0.05, 0.1) is 29.3 Å². The molecule has 0 aliphatic heterocycles.